The first-order chi connectivity index (χ1) is 14.6. The maximum Gasteiger partial charge on any atom is 0.338 e. The minimum Gasteiger partial charge on any atom is -0.493 e. The summed E-state index contributed by atoms with van der Waals surface area (Å²) in [6.45, 7) is 3.70. The van der Waals surface area contributed by atoms with Crippen molar-refractivity contribution in [2.45, 2.75) is 13.2 Å². The van der Waals surface area contributed by atoms with Gasteiger partial charge in [0.25, 0.3) is 5.89 Å². The average molecular weight is 414 g/mol. The van der Waals surface area contributed by atoms with E-state index >= 15 is 0 Å². The average Bonchev–Trinajstić information content (AvgIpc) is 3.23. The van der Waals surface area contributed by atoms with E-state index < -0.39 is 5.97 Å². The summed E-state index contributed by atoms with van der Waals surface area (Å²) in [4.78, 5) is 16.4. The topological polar surface area (TPSA) is 92.9 Å². The Morgan fingerprint density at radius 2 is 1.93 bits per heavy atom. The molecule has 8 nitrogen and oxygen atoms in total. The molecule has 0 aliphatic rings. The highest BCUT2D eigenvalue weighted by Gasteiger charge is 2.15. The number of carbonyl (C=O) groups excluding carboxylic acids is 1. The van der Waals surface area contributed by atoms with E-state index in [0.717, 1.165) is 0 Å². The van der Waals surface area contributed by atoms with Crippen LogP contribution in [0.5, 0.6) is 17.2 Å². The Balaban J connectivity index is 1.53. The van der Waals surface area contributed by atoms with Crippen LogP contribution in [-0.4, -0.2) is 29.8 Å². The van der Waals surface area contributed by atoms with Crippen LogP contribution in [0.1, 0.15) is 22.1 Å². The predicted octanol–water partition coefficient (Wildman–Crippen LogP) is 3.72. The van der Waals surface area contributed by atoms with Crippen molar-refractivity contribution in [3.05, 3.63) is 78.2 Å². The minimum atomic E-state index is -0.592. The third kappa shape index (κ3) is 5.57. The van der Waals surface area contributed by atoms with Gasteiger partial charge in [-0.05, 0) is 42.5 Å². The minimum absolute atomic E-state index is 0.0203. The van der Waals surface area contributed by atoms with Crippen LogP contribution in [0.25, 0.3) is 0 Å². The standard InChI is InChI=1S/C21H19FN2O6/c1-3-10-27-17-9-4-14(11-18(17)26-2)21(25)29-13-20-23-19(24-30-20)12-28-16-7-5-15(22)6-8-16/h3-9,11H,1,10,12-13H2,2H3. The second-order valence-electron chi connectivity index (χ2n) is 5.89. The summed E-state index contributed by atoms with van der Waals surface area (Å²) in [5.74, 6) is 0.757. The van der Waals surface area contributed by atoms with Gasteiger partial charge in [-0.2, -0.15) is 4.98 Å². The molecule has 3 rings (SSSR count). The first-order valence-corrected chi connectivity index (χ1v) is 8.87. The molecule has 2 aromatic carbocycles. The van der Waals surface area contributed by atoms with Gasteiger partial charge >= 0.3 is 5.97 Å². The summed E-state index contributed by atoms with van der Waals surface area (Å²) >= 11 is 0. The molecule has 0 amide bonds. The van der Waals surface area contributed by atoms with Crippen molar-refractivity contribution < 1.29 is 32.7 Å². The number of benzene rings is 2. The second-order valence-corrected chi connectivity index (χ2v) is 5.89. The van der Waals surface area contributed by atoms with Gasteiger partial charge in [0.15, 0.2) is 24.7 Å². The Kier molecular flexibility index (Phi) is 6.99. The number of halogens is 1. The highest BCUT2D eigenvalue weighted by molar-refractivity contribution is 5.90. The van der Waals surface area contributed by atoms with Gasteiger partial charge < -0.3 is 23.5 Å². The zero-order chi connectivity index (χ0) is 21.3. The SMILES string of the molecule is C=CCOc1ccc(C(=O)OCc2nc(COc3ccc(F)cc3)no2)cc1OC. The van der Waals surface area contributed by atoms with E-state index in [4.69, 9.17) is 23.5 Å². The van der Waals surface area contributed by atoms with Gasteiger partial charge in [-0.15, -0.1) is 0 Å². The van der Waals surface area contributed by atoms with E-state index in [1.165, 1.54) is 37.4 Å². The quantitative estimate of drug-likeness (QED) is 0.366. The highest BCUT2D eigenvalue weighted by Crippen LogP contribution is 2.28. The van der Waals surface area contributed by atoms with Gasteiger partial charge in [-0.3, -0.25) is 0 Å². The fraction of sp³-hybridized carbons (Fsp3) is 0.190. The zero-order valence-electron chi connectivity index (χ0n) is 16.2. The van der Waals surface area contributed by atoms with Gasteiger partial charge in [0, 0.05) is 0 Å². The van der Waals surface area contributed by atoms with Crippen LogP contribution in [0.3, 0.4) is 0 Å². The highest BCUT2D eigenvalue weighted by atomic mass is 19.1. The van der Waals surface area contributed by atoms with E-state index in [0.29, 0.717) is 23.9 Å². The van der Waals surface area contributed by atoms with Crippen molar-refractivity contribution in [2.75, 3.05) is 13.7 Å². The van der Waals surface area contributed by atoms with Crippen molar-refractivity contribution in [3.8, 4) is 17.2 Å². The van der Waals surface area contributed by atoms with Crippen LogP contribution >= 0.6 is 0 Å². The molecule has 156 valence electrons. The Labute approximate surface area is 171 Å². The molecule has 0 aliphatic heterocycles. The number of ether oxygens (including phenoxy) is 4. The number of methoxy groups -OCH3 is 1. The molecular weight excluding hydrogens is 395 g/mol. The van der Waals surface area contributed by atoms with Gasteiger partial charge in [-0.25, -0.2) is 9.18 Å². The molecule has 0 saturated heterocycles. The predicted molar refractivity (Wildman–Crippen MR) is 103 cm³/mol. The number of esters is 1. The molecule has 0 saturated carbocycles. The Morgan fingerprint density at radius 3 is 2.67 bits per heavy atom. The molecule has 0 aliphatic carbocycles. The number of hydrogen-bond donors (Lipinski definition) is 0. The Morgan fingerprint density at radius 1 is 1.13 bits per heavy atom. The molecule has 0 atom stereocenters. The van der Waals surface area contributed by atoms with Crippen LogP contribution in [0.4, 0.5) is 4.39 Å². The lowest BCUT2D eigenvalue weighted by atomic mass is 10.2. The van der Waals surface area contributed by atoms with E-state index in [9.17, 15) is 9.18 Å². The molecule has 0 radical (unpaired) electrons. The summed E-state index contributed by atoms with van der Waals surface area (Å²) in [7, 11) is 1.47. The number of nitrogens with zero attached hydrogens (tertiary/aromatic N) is 2. The molecule has 0 spiro atoms. The van der Waals surface area contributed by atoms with Crippen LogP contribution in [0.15, 0.2) is 59.6 Å². The monoisotopic (exact) mass is 414 g/mol. The number of hydrogen-bond acceptors (Lipinski definition) is 8. The second kappa shape index (κ2) is 10.1. The molecule has 0 N–H and O–H groups in total. The van der Waals surface area contributed by atoms with Gasteiger partial charge in [0.2, 0.25) is 5.82 Å². The van der Waals surface area contributed by atoms with Crippen LogP contribution in [0, 0.1) is 5.82 Å². The van der Waals surface area contributed by atoms with Crippen LogP contribution in [-0.2, 0) is 18.0 Å². The van der Waals surface area contributed by atoms with Crippen molar-refractivity contribution in [2.24, 2.45) is 0 Å². The van der Waals surface area contributed by atoms with Crippen LogP contribution in [0.2, 0.25) is 0 Å². The van der Waals surface area contributed by atoms with E-state index in [1.54, 1.807) is 18.2 Å². The van der Waals surface area contributed by atoms with Crippen molar-refractivity contribution in [3.63, 3.8) is 0 Å². The third-order valence-electron chi connectivity index (χ3n) is 3.77. The van der Waals surface area contributed by atoms with Gasteiger partial charge in [-0.1, -0.05) is 17.8 Å². The molecular formula is C21H19FN2O6. The lowest BCUT2D eigenvalue weighted by molar-refractivity contribution is 0.0429. The summed E-state index contributed by atoms with van der Waals surface area (Å²) in [5, 5.41) is 3.75. The van der Waals surface area contributed by atoms with E-state index in [1.807, 2.05) is 0 Å². The fourth-order valence-corrected chi connectivity index (χ4v) is 2.36. The number of rotatable bonds is 10. The van der Waals surface area contributed by atoms with Crippen molar-refractivity contribution in [1.82, 2.24) is 10.1 Å². The molecule has 1 aromatic heterocycles. The van der Waals surface area contributed by atoms with Crippen LogP contribution < -0.4 is 14.2 Å². The third-order valence-corrected chi connectivity index (χ3v) is 3.77. The molecule has 1 heterocycles. The van der Waals surface area contributed by atoms with Gasteiger partial charge in [0.05, 0.1) is 12.7 Å². The fourth-order valence-electron chi connectivity index (χ4n) is 2.36. The largest absolute Gasteiger partial charge is 0.493 e. The molecule has 30 heavy (non-hydrogen) atoms. The zero-order valence-corrected chi connectivity index (χ0v) is 16.2. The normalized spacial score (nSPS) is 10.3. The van der Waals surface area contributed by atoms with E-state index in [-0.39, 0.29) is 36.3 Å². The molecule has 0 unspecified atom stereocenters. The first-order valence-electron chi connectivity index (χ1n) is 8.87. The Hall–Kier alpha value is -3.88. The summed E-state index contributed by atoms with van der Waals surface area (Å²) in [6, 6.07) is 10.2. The smallest absolute Gasteiger partial charge is 0.338 e. The maximum absolute atomic E-state index is 12.9. The lowest BCUT2D eigenvalue weighted by Gasteiger charge is -2.10. The van der Waals surface area contributed by atoms with Crippen molar-refractivity contribution >= 4 is 5.97 Å². The molecule has 9 heteroatoms. The summed E-state index contributed by atoms with van der Waals surface area (Å²) in [6.07, 6.45) is 1.60. The summed E-state index contributed by atoms with van der Waals surface area (Å²) in [5.41, 5.74) is 0.275. The number of aromatic nitrogens is 2. The maximum atomic E-state index is 12.9. The van der Waals surface area contributed by atoms with E-state index in [2.05, 4.69) is 16.7 Å². The summed E-state index contributed by atoms with van der Waals surface area (Å²) < 4.78 is 39.2. The molecule has 3 aromatic rings. The lowest BCUT2D eigenvalue weighted by Crippen LogP contribution is -2.06. The van der Waals surface area contributed by atoms with Crippen molar-refractivity contribution in [1.29, 1.82) is 0 Å². The molecule has 0 fully saturated rings. The Bertz CT molecular complexity index is 1000. The molecule has 0 bridgehead atoms. The first kappa shape index (κ1) is 20.8. The number of carbonyl (C=O) groups is 1. The van der Waals surface area contributed by atoms with Gasteiger partial charge in [0.1, 0.15) is 18.2 Å².